The Balaban J connectivity index is 3.91. The van der Waals surface area contributed by atoms with Crippen molar-refractivity contribution in [2.75, 3.05) is 6.61 Å². The summed E-state index contributed by atoms with van der Waals surface area (Å²) in [5.41, 5.74) is 3.93. The van der Waals surface area contributed by atoms with Gasteiger partial charge in [-0.25, -0.2) is 0 Å². The van der Waals surface area contributed by atoms with Crippen molar-refractivity contribution in [3.8, 4) is 0 Å². The van der Waals surface area contributed by atoms with Gasteiger partial charge in [0.25, 0.3) is 0 Å². The van der Waals surface area contributed by atoms with Crippen LogP contribution in [-0.2, 0) is 14.3 Å². The van der Waals surface area contributed by atoms with E-state index in [-0.39, 0.29) is 19.4 Å². The molecule has 23 heavy (non-hydrogen) atoms. The van der Waals surface area contributed by atoms with E-state index in [1.807, 2.05) is 13.0 Å². The molecule has 0 saturated carbocycles. The van der Waals surface area contributed by atoms with Crippen molar-refractivity contribution in [3.63, 3.8) is 0 Å². The molecule has 0 spiro atoms. The Morgan fingerprint density at radius 3 is 1.96 bits per heavy atom. The van der Waals surface area contributed by atoms with Gasteiger partial charge < -0.3 is 9.84 Å². The second kappa shape index (κ2) is 12.7. The molecular weight excluding hydrogens is 292 g/mol. The van der Waals surface area contributed by atoms with Crippen LogP contribution < -0.4 is 0 Å². The van der Waals surface area contributed by atoms with E-state index in [0.29, 0.717) is 0 Å². The third-order valence-electron chi connectivity index (χ3n) is 3.34. The minimum atomic E-state index is -0.986. The smallest absolute Gasteiger partial charge is 0.306 e. The highest BCUT2D eigenvalue weighted by molar-refractivity contribution is 5.76. The van der Waals surface area contributed by atoms with Gasteiger partial charge in [-0.2, -0.15) is 0 Å². The molecule has 0 aromatic rings. The first-order chi connectivity index (χ1) is 10.8. The number of hydrogen-bond acceptors (Lipinski definition) is 3. The quantitative estimate of drug-likeness (QED) is 0.438. The maximum absolute atomic E-state index is 11.3. The standard InChI is InChI=1S/C19H30O4/c1-15(2)7-5-8-16(3)9-6-10-17(4)13-14-23-19(22)12-11-18(20)21/h7,9,13H,5-6,8,10-12,14H2,1-4H3,(H,20,21)/b16-9+,17-13+. The summed E-state index contributed by atoms with van der Waals surface area (Å²) < 4.78 is 4.97. The largest absolute Gasteiger partial charge is 0.481 e. The number of carbonyl (C=O) groups excluding carboxylic acids is 1. The lowest BCUT2D eigenvalue weighted by Gasteiger charge is -2.03. The number of aliphatic carboxylic acids is 1. The summed E-state index contributed by atoms with van der Waals surface area (Å²) in [5, 5.41) is 8.47. The minimum absolute atomic E-state index is 0.0736. The van der Waals surface area contributed by atoms with Gasteiger partial charge in [-0.05, 0) is 59.5 Å². The molecule has 4 nitrogen and oxygen atoms in total. The molecule has 0 amide bonds. The molecule has 0 bridgehead atoms. The molecule has 0 aromatic heterocycles. The van der Waals surface area contributed by atoms with Crippen molar-refractivity contribution in [2.45, 2.75) is 66.2 Å². The molecule has 0 heterocycles. The van der Waals surface area contributed by atoms with Crippen molar-refractivity contribution in [1.29, 1.82) is 0 Å². The number of carbonyl (C=O) groups is 2. The monoisotopic (exact) mass is 322 g/mol. The summed E-state index contributed by atoms with van der Waals surface area (Å²) in [7, 11) is 0. The summed E-state index contributed by atoms with van der Waals surface area (Å²) in [5.74, 6) is -1.45. The summed E-state index contributed by atoms with van der Waals surface area (Å²) >= 11 is 0. The molecule has 0 fully saturated rings. The predicted octanol–water partition coefficient (Wildman–Crippen LogP) is 4.81. The second-order valence-corrected chi connectivity index (χ2v) is 6.04. The van der Waals surface area contributed by atoms with Gasteiger partial charge in [0.1, 0.15) is 6.61 Å². The predicted molar refractivity (Wildman–Crippen MR) is 93.2 cm³/mol. The third kappa shape index (κ3) is 14.8. The lowest BCUT2D eigenvalue weighted by molar-refractivity contribution is -0.146. The van der Waals surface area contributed by atoms with E-state index in [4.69, 9.17) is 9.84 Å². The number of ether oxygens (including phenoxy) is 1. The van der Waals surface area contributed by atoms with Crippen LogP contribution in [-0.4, -0.2) is 23.7 Å². The Labute approximate surface area is 139 Å². The average molecular weight is 322 g/mol. The number of allylic oxidation sites excluding steroid dienone is 5. The lowest BCUT2D eigenvalue weighted by Crippen LogP contribution is -2.07. The van der Waals surface area contributed by atoms with Gasteiger partial charge in [0.05, 0.1) is 12.8 Å². The number of hydrogen-bond donors (Lipinski definition) is 1. The van der Waals surface area contributed by atoms with Gasteiger partial charge >= 0.3 is 11.9 Å². The van der Waals surface area contributed by atoms with Crippen molar-refractivity contribution in [2.24, 2.45) is 0 Å². The molecule has 0 atom stereocenters. The fraction of sp³-hybridized carbons (Fsp3) is 0.579. The molecule has 0 aliphatic carbocycles. The van der Waals surface area contributed by atoms with Crippen LogP contribution in [0, 0.1) is 0 Å². The zero-order valence-electron chi connectivity index (χ0n) is 14.9. The molecular formula is C19H30O4. The van der Waals surface area contributed by atoms with E-state index in [1.54, 1.807) is 0 Å². The Bertz CT molecular complexity index is 466. The molecule has 1 N–H and O–H groups in total. The normalized spacial score (nSPS) is 12.0. The maximum atomic E-state index is 11.3. The number of rotatable bonds is 11. The van der Waals surface area contributed by atoms with E-state index >= 15 is 0 Å². The van der Waals surface area contributed by atoms with Gasteiger partial charge in [-0.1, -0.05) is 28.9 Å². The van der Waals surface area contributed by atoms with Crippen molar-refractivity contribution >= 4 is 11.9 Å². The SMILES string of the molecule is CC(C)=CCC/C(C)=C/CC/C(C)=C/COC(=O)CCC(=O)O. The van der Waals surface area contributed by atoms with Gasteiger partial charge in [0.15, 0.2) is 0 Å². The van der Waals surface area contributed by atoms with E-state index in [2.05, 4.69) is 32.9 Å². The van der Waals surface area contributed by atoms with Crippen LogP contribution >= 0.6 is 0 Å². The molecule has 130 valence electrons. The Hall–Kier alpha value is -1.84. The first kappa shape index (κ1) is 21.2. The van der Waals surface area contributed by atoms with E-state index in [1.165, 1.54) is 16.7 Å². The van der Waals surface area contributed by atoms with Crippen molar-refractivity contribution in [1.82, 2.24) is 0 Å². The van der Waals surface area contributed by atoms with Crippen LogP contribution in [0.3, 0.4) is 0 Å². The van der Waals surface area contributed by atoms with Gasteiger partial charge in [0.2, 0.25) is 0 Å². The van der Waals surface area contributed by atoms with Crippen LogP contribution in [0.5, 0.6) is 0 Å². The lowest BCUT2D eigenvalue weighted by atomic mass is 10.1. The van der Waals surface area contributed by atoms with E-state index in [0.717, 1.165) is 25.7 Å². The molecule has 0 aliphatic rings. The fourth-order valence-electron chi connectivity index (χ4n) is 1.90. The Kier molecular flexibility index (Phi) is 11.7. The zero-order valence-corrected chi connectivity index (χ0v) is 14.9. The fourth-order valence-corrected chi connectivity index (χ4v) is 1.90. The van der Waals surface area contributed by atoms with Crippen LogP contribution in [0.15, 0.2) is 34.9 Å². The third-order valence-corrected chi connectivity index (χ3v) is 3.34. The zero-order chi connectivity index (χ0) is 17.7. The highest BCUT2D eigenvalue weighted by Crippen LogP contribution is 2.11. The summed E-state index contributed by atoms with van der Waals surface area (Å²) in [6.45, 7) is 8.61. The highest BCUT2D eigenvalue weighted by Gasteiger charge is 2.05. The molecule has 0 aromatic carbocycles. The number of carboxylic acid groups (broad SMARTS) is 1. The molecule has 0 unspecified atom stereocenters. The Morgan fingerprint density at radius 1 is 0.826 bits per heavy atom. The molecule has 0 rings (SSSR count). The van der Waals surface area contributed by atoms with Gasteiger partial charge in [-0.3, -0.25) is 9.59 Å². The molecule has 4 heteroatoms. The summed E-state index contributed by atoms with van der Waals surface area (Å²) in [6.07, 6.45) is 10.2. The van der Waals surface area contributed by atoms with E-state index < -0.39 is 11.9 Å². The summed E-state index contributed by atoms with van der Waals surface area (Å²) in [6, 6.07) is 0. The molecule has 0 radical (unpaired) electrons. The maximum Gasteiger partial charge on any atom is 0.306 e. The first-order valence-electron chi connectivity index (χ1n) is 8.13. The van der Waals surface area contributed by atoms with Crippen molar-refractivity contribution < 1.29 is 19.4 Å². The molecule has 0 aliphatic heterocycles. The van der Waals surface area contributed by atoms with Crippen molar-refractivity contribution in [3.05, 3.63) is 34.9 Å². The van der Waals surface area contributed by atoms with Crippen LogP contribution in [0.1, 0.15) is 66.2 Å². The Morgan fingerprint density at radius 2 is 1.39 bits per heavy atom. The highest BCUT2D eigenvalue weighted by atomic mass is 16.5. The van der Waals surface area contributed by atoms with Crippen LogP contribution in [0.4, 0.5) is 0 Å². The average Bonchev–Trinajstić information content (AvgIpc) is 2.44. The van der Waals surface area contributed by atoms with Gasteiger partial charge in [0, 0.05) is 0 Å². The van der Waals surface area contributed by atoms with Crippen LogP contribution in [0.25, 0.3) is 0 Å². The topological polar surface area (TPSA) is 63.6 Å². The molecule has 0 saturated heterocycles. The number of carboxylic acids is 1. The van der Waals surface area contributed by atoms with E-state index in [9.17, 15) is 9.59 Å². The summed E-state index contributed by atoms with van der Waals surface area (Å²) in [4.78, 5) is 21.6. The first-order valence-corrected chi connectivity index (χ1v) is 8.13. The van der Waals surface area contributed by atoms with Crippen LogP contribution in [0.2, 0.25) is 0 Å². The number of esters is 1. The second-order valence-electron chi connectivity index (χ2n) is 6.04. The minimum Gasteiger partial charge on any atom is -0.481 e. The van der Waals surface area contributed by atoms with Gasteiger partial charge in [-0.15, -0.1) is 0 Å².